The van der Waals surface area contributed by atoms with Crippen molar-refractivity contribution in [2.75, 3.05) is 18.5 Å². The molecule has 3 heterocycles. The number of imidazole rings is 1. The molecular weight excluding hydrogens is 300 g/mol. The van der Waals surface area contributed by atoms with Crippen LogP contribution in [0.4, 0.5) is 5.82 Å². The molecule has 0 aliphatic carbocycles. The third-order valence-corrected chi connectivity index (χ3v) is 5.55. The summed E-state index contributed by atoms with van der Waals surface area (Å²) in [6.07, 6.45) is 2.10. The van der Waals surface area contributed by atoms with Crippen molar-refractivity contribution in [2.45, 2.75) is 26.4 Å². The van der Waals surface area contributed by atoms with Crippen molar-refractivity contribution < 1.29 is 0 Å². The normalized spacial score (nSPS) is 12.9. The minimum Gasteiger partial charge on any atom is -0.351 e. The van der Waals surface area contributed by atoms with Crippen LogP contribution in [-0.4, -0.2) is 23.0 Å². The lowest BCUT2D eigenvalue weighted by molar-refractivity contribution is 0.689. The van der Waals surface area contributed by atoms with Crippen LogP contribution < -0.4 is 10.2 Å². The third kappa shape index (κ3) is 2.71. The molecule has 1 N–H and O–H groups in total. The molecule has 3 aromatic heterocycles. The summed E-state index contributed by atoms with van der Waals surface area (Å²) in [5, 5.41) is 7.64. The Kier molecular flexibility index (Phi) is 4.28. The molecule has 0 saturated carbocycles. The molecular formula is C15H20N4S2. The second kappa shape index (κ2) is 6.17. The standard InChI is InChI=1S/C15H20N4S2/c1-4-16-10-12-14(17-15-19(12)7-9-21-15)18(3)11(2)13-6-5-8-20-13/h5-9,11,16H,4,10H2,1-3H3. The van der Waals surface area contributed by atoms with Gasteiger partial charge >= 0.3 is 0 Å². The number of nitrogens with one attached hydrogen (secondary N) is 1. The van der Waals surface area contributed by atoms with Crippen LogP contribution in [0, 0.1) is 0 Å². The number of anilines is 1. The van der Waals surface area contributed by atoms with Crippen molar-refractivity contribution in [2.24, 2.45) is 0 Å². The van der Waals surface area contributed by atoms with Gasteiger partial charge < -0.3 is 10.2 Å². The van der Waals surface area contributed by atoms with Crippen molar-refractivity contribution in [1.82, 2.24) is 14.7 Å². The number of thiazole rings is 1. The van der Waals surface area contributed by atoms with E-state index in [9.17, 15) is 0 Å². The lowest BCUT2D eigenvalue weighted by Crippen LogP contribution is -2.24. The lowest BCUT2D eigenvalue weighted by atomic mass is 10.2. The summed E-state index contributed by atoms with van der Waals surface area (Å²) in [5.41, 5.74) is 1.24. The van der Waals surface area contributed by atoms with Crippen molar-refractivity contribution in [3.05, 3.63) is 39.7 Å². The molecule has 1 unspecified atom stereocenters. The molecule has 4 nitrogen and oxygen atoms in total. The molecule has 0 fully saturated rings. The molecule has 0 radical (unpaired) electrons. The van der Waals surface area contributed by atoms with Crippen molar-refractivity contribution in [3.63, 3.8) is 0 Å². The molecule has 0 amide bonds. The van der Waals surface area contributed by atoms with E-state index >= 15 is 0 Å². The summed E-state index contributed by atoms with van der Waals surface area (Å²) in [6, 6.07) is 4.62. The van der Waals surface area contributed by atoms with Crippen LogP contribution in [0.1, 0.15) is 30.5 Å². The molecule has 0 bridgehead atoms. The van der Waals surface area contributed by atoms with Gasteiger partial charge in [0.2, 0.25) is 0 Å². The smallest absolute Gasteiger partial charge is 0.195 e. The molecule has 6 heteroatoms. The van der Waals surface area contributed by atoms with Gasteiger partial charge in [-0.3, -0.25) is 4.40 Å². The van der Waals surface area contributed by atoms with Gasteiger partial charge in [-0.2, -0.15) is 0 Å². The highest BCUT2D eigenvalue weighted by atomic mass is 32.1. The van der Waals surface area contributed by atoms with Gasteiger partial charge in [-0.15, -0.1) is 22.7 Å². The molecule has 0 aliphatic heterocycles. The lowest BCUT2D eigenvalue weighted by Gasteiger charge is -2.25. The number of fused-ring (bicyclic) bond motifs is 1. The van der Waals surface area contributed by atoms with Gasteiger partial charge in [-0.1, -0.05) is 13.0 Å². The maximum Gasteiger partial charge on any atom is 0.195 e. The van der Waals surface area contributed by atoms with E-state index in [1.54, 1.807) is 22.7 Å². The first-order valence-electron chi connectivity index (χ1n) is 7.13. The van der Waals surface area contributed by atoms with Gasteiger partial charge in [0.1, 0.15) is 0 Å². The zero-order chi connectivity index (χ0) is 14.8. The van der Waals surface area contributed by atoms with Crippen LogP contribution in [-0.2, 0) is 6.54 Å². The second-order valence-corrected chi connectivity index (χ2v) is 6.87. The van der Waals surface area contributed by atoms with Gasteiger partial charge in [0.25, 0.3) is 0 Å². The largest absolute Gasteiger partial charge is 0.351 e. The predicted octanol–water partition coefficient (Wildman–Crippen LogP) is 3.76. The molecule has 21 heavy (non-hydrogen) atoms. The first kappa shape index (κ1) is 14.6. The highest BCUT2D eigenvalue weighted by molar-refractivity contribution is 7.15. The van der Waals surface area contributed by atoms with Crippen molar-refractivity contribution in [3.8, 4) is 0 Å². The van der Waals surface area contributed by atoms with Gasteiger partial charge in [-0.05, 0) is 24.9 Å². The number of hydrogen-bond donors (Lipinski definition) is 1. The molecule has 0 saturated heterocycles. The van der Waals surface area contributed by atoms with Crippen LogP contribution in [0.3, 0.4) is 0 Å². The molecule has 3 aromatic rings. The maximum absolute atomic E-state index is 4.83. The second-order valence-electron chi connectivity index (χ2n) is 5.02. The highest BCUT2D eigenvalue weighted by Crippen LogP contribution is 2.31. The van der Waals surface area contributed by atoms with E-state index < -0.39 is 0 Å². The van der Waals surface area contributed by atoms with E-state index in [-0.39, 0.29) is 0 Å². The Morgan fingerprint density at radius 2 is 2.24 bits per heavy atom. The first-order valence-corrected chi connectivity index (χ1v) is 8.89. The van der Waals surface area contributed by atoms with E-state index in [2.05, 4.69) is 64.6 Å². The van der Waals surface area contributed by atoms with Crippen LogP contribution in [0.5, 0.6) is 0 Å². The van der Waals surface area contributed by atoms with Crippen LogP contribution in [0.25, 0.3) is 4.96 Å². The predicted molar refractivity (Wildman–Crippen MR) is 91.6 cm³/mol. The van der Waals surface area contributed by atoms with E-state index in [0.717, 1.165) is 23.9 Å². The Morgan fingerprint density at radius 3 is 2.95 bits per heavy atom. The summed E-state index contributed by atoms with van der Waals surface area (Å²) in [6.45, 7) is 6.16. The zero-order valence-electron chi connectivity index (χ0n) is 12.5. The Labute approximate surface area is 133 Å². The minimum atomic E-state index is 0.329. The Bertz CT molecular complexity index is 698. The zero-order valence-corrected chi connectivity index (χ0v) is 14.2. The topological polar surface area (TPSA) is 32.6 Å². The summed E-state index contributed by atoms with van der Waals surface area (Å²) in [7, 11) is 2.13. The van der Waals surface area contributed by atoms with Gasteiger partial charge in [0.05, 0.1) is 11.7 Å². The summed E-state index contributed by atoms with van der Waals surface area (Å²) in [5.74, 6) is 1.07. The quantitative estimate of drug-likeness (QED) is 0.750. The molecule has 1 atom stereocenters. The Morgan fingerprint density at radius 1 is 1.38 bits per heavy atom. The fourth-order valence-electron chi connectivity index (χ4n) is 2.41. The number of nitrogens with zero attached hydrogens (tertiary/aromatic N) is 3. The van der Waals surface area contributed by atoms with Crippen LogP contribution >= 0.6 is 22.7 Å². The summed E-state index contributed by atoms with van der Waals surface area (Å²) in [4.78, 5) is 9.53. The van der Waals surface area contributed by atoms with Crippen molar-refractivity contribution in [1.29, 1.82) is 0 Å². The molecule has 0 spiro atoms. The Hall–Kier alpha value is -1.37. The monoisotopic (exact) mass is 320 g/mol. The number of thiophene rings is 1. The number of rotatable bonds is 6. The van der Waals surface area contributed by atoms with Crippen molar-refractivity contribution >= 4 is 33.5 Å². The van der Waals surface area contributed by atoms with E-state index in [4.69, 9.17) is 4.98 Å². The molecule has 0 aliphatic rings. The third-order valence-electron chi connectivity index (χ3n) is 3.75. The Balaban J connectivity index is 1.96. The average Bonchev–Trinajstić information content (AvgIpc) is 3.20. The van der Waals surface area contributed by atoms with Crippen LogP contribution in [0.2, 0.25) is 0 Å². The van der Waals surface area contributed by atoms with Gasteiger partial charge in [-0.25, -0.2) is 4.98 Å². The number of aromatic nitrogens is 2. The minimum absolute atomic E-state index is 0.329. The van der Waals surface area contributed by atoms with Gasteiger partial charge in [0, 0.05) is 30.0 Å². The number of hydrogen-bond acceptors (Lipinski definition) is 5. The summed E-state index contributed by atoms with van der Waals surface area (Å²) < 4.78 is 2.19. The first-order chi connectivity index (χ1) is 10.2. The van der Waals surface area contributed by atoms with Gasteiger partial charge in [0.15, 0.2) is 10.8 Å². The highest BCUT2D eigenvalue weighted by Gasteiger charge is 2.21. The fraction of sp³-hybridized carbons (Fsp3) is 0.400. The fourth-order valence-corrected chi connectivity index (χ4v) is 3.97. The average molecular weight is 320 g/mol. The summed E-state index contributed by atoms with van der Waals surface area (Å²) >= 11 is 3.48. The SMILES string of the molecule is CCNCc1c(N(C)C(C)c2cccs2)nc2sccn12. The molecule has 112 valence electrons. The van der Waals surface area contributed by atoms with Crippen LogP contribution in [0.15, 0.2) is 29.1 Å². The molecule has 3 rings (SSSR count). The van der Waals surface area contributed by atoms with E-state index in [1.165, 1.54) is 10.6 Å². The van der Waals surface area contributed by atoms with E-state index in [1.807, 2.05) is 0 Å². The molecule has 0 aromatic carbocycles. The maximum atomic E-state index is 4.83. The van der Waals surface area contributed by atoms with E-state index in [0.29, 0.717) is 6.04 Å².